The zero-order chi connectivity index (χ0) is 15.1. The number of halogens is 1. The Balaban J connectivity index is 2.03. The van der Waals surface area contributed by atoms with Crippen molar-refractivity contribution < 1.29 is 14.5 Å². The zero-order valence-corrected chi connectivity index (χ0v) is 12.6. The lowest BCUT2D eigenvalue weighted by molar-refractivity contribution is -0.384. The molecular formula is C14H7IN2O4. The number of non-ortho nitro benzene ring substituents is 1. The van der Waals surface area contributed by atoms with Crippen molar-refractivity contribution in [1.82, 2.24) is 0 Å². The monoisotopic (exact) mass is 394 g/mol. The van der Waals surface area contributed by atoms with Gasteiger partial charge in [-0.2, -0.15) is 0 Å². The average molecular weight is 394 g/mol. The highest BCUT2D eigenvalue weighted by Gasteiger charge is 2.36. The van der Waals surface area contributed by atoms with Crippen LogP contribution in [-0.4, -0.2) is 16.7 Å². The number of rotatable bonds is 2. The van der Waals surface area contributed by atoms with Gasteiger partial charge < -0.3 is 0 Å². The number of anilines is 1. The molecule has 1 aliphatic heterocycles. The molecule has 0 unspecified atom stereocenters. The maximum atomic E-state index is 12.3. The first-order valence-electron chi connectivity index (χ1n) is 5.92. The molecule has 3 rings (SSSR count). The molecule has 7 heteroatoms. The number of nitrogens with zero attached hydrogens (tertiary/aromatic N) is 2. The fourth-order valence-corrected chi connectivity index (χ4v) is 2.66. The van der Waals surface area contributed by atoms with Crippen LogP contribution < -0.4 is 4.90 Å². The quantitative estimate of drug-likeness (QED) is 0.340. The van der Waals surface area contributed by atoms with E-state index in [2.05, 4.69) is 22.6 Å². The predicted molar refractivity (Wildman–Crippen MR) is 83.4 cm³/mol. The van der Waals surface area contributed by atoms with Crippen molar-refractivity contribution in [2.75, 3.05) is 4.90 Å². The summed E-state index contributed by atoms with van der Waals surface area (Å²) in [6.07, 6.45) is 0. The molecule has 0 bridgehead atoms. The molecule has 104 valence electrons. The Morgan fingerprint density at radius 3 is 2.19 bits per heavy atom. The summed E-state index contributed by atoms with van der Waals surface area (Å²) in [6, 6.07) is 10.3. The van der Waals surface area contributed by atoms with E-state index in [9.17, 15) is 19.7 Å². The molecule has 0 saturated carbocycles. The molecule has 0 saturated heterocycles. The van der Waals surface area contributed by atoms with Crippen LogP contribution in [0.15, 0.2) is 42.5 Å². The van der Waals surface area contributed by atoms with Crippen molar-refractivity contribution in [3.8, 4) is 0 Å². The van der Waals surface area contributed by atoms with Crippen LogP contribution in [0.25, 0.3) is 0 Å². The number of amides is 2. The number of imide groups is 1. The molecule has 2 aromatic carbocycles. The number of nitro benzene ring substituents is 1. The minimum absolute atomic E-state index is 0.0927. The van der Waals surface area contributed by atoms with E-state index in [1.54, 1.807) is 18.2 Å². The van der Waals surface area contributed by atoms with Gasteiger partial charge in [-0.25, -0.2) is 4.90 Å². The van der Waals surface area contributed by atoms with Crippen LogP contribution in [-0.2, 0) is 0 Å². The summed E-state index contributed by atoms with van der Waals surface area (Å²) in [5.74, 6) is -0.831. The Morgan fingerprint density at radius 1 is 0.952 bits per heavy atom. The second-order valence-corrected chi connectivity index (χ2v) is 5.65. The summed E-state index contributed by atoms with van der Waals surface area (Å²) in [4.78, 5) is 35.8. The van der Waals surface area contributed by atoms with Crippen LogP contribution in [0, 0.1) is 13.7 Å². The minimum atomic E-state index is -0.533. The lowest BCUT2D eigenvalue weighted by atomic mass is 10.1. The number of fused-ring (bicyclic) bond motifs is 1. The summed E-state index contributed by atoms with van der Waals surface area (Å²) < 4.78 is 0.859. The van der Waals surface area contributed by atoms with Crippen LogP contribution in [0.2, 0.25) is 0 Å². The van der Waals surface area contributed by atoms with Gasteiger partial charge in [-0.05, 0) is 52.9 Å². The number of carbonyl (C=O) groups is 2. The van der Waals surface area contributed by atoms with Gasteiger partial charge in [0.1, 0.15) is 0 Å². The highest BCUT2D eigenvalue weighted by atomic mass is 127. The predicted octanol–water partition coefficient (Wildman–Crippen LogP) is 3.00. The van der Waals surface area contributed by atoms with Crippen LogP contribution in [0.5, 0.6) is 0 Å². The summed E-state index contributed by atoms with van der Waals surface area (Å²) in [5.41, 5.74) is 0.927. The number of hydrogen-bond acceptors (Lipinski definition) is 4. The third-order valence-electron chi connectivity index (χ3n) is 3.17. The van der Waals surface area contributed by atoms with Gasteiger partial charge in [0.2, 0.25) is 0 Å². The highest BCUT2D eigenvalue weighted by Crippen LogP contribution is 2.30. The molecule has 21 heavy (non-hydrogen) atoms. The van der Waals surface area contributed by atoms with E-state index in [4.69, 9.17) is 0 Å². The molecule has 0 spiro atoms. The van der Waals surface area contributed by atoms with E-state index in [0.717, 1.165) is 8.47 Å². The number of hydrogen-bond donors (Lipinski definition) is 0. The van der Waals surface area contributed by atoms with Gasteiger partial charge in [0.05, 0.1) is 21.7 Å². The van der Waals surface area contributed by atoms with E-state index < -0.39 is 16.7 Å². The molecule has 1 heterocycles. The summed E-state index contributed by atoms with van der Waals surface area (Å²) in [6.45, 7) is 0. The first-order chi connectivity index (χ1) is 9.99. The second-order valence-electron chi connectivity index (χ2n) is 4.41. The SMILES string of the molecule is O=C1c2ccc(I)cc2C(=O)N1c1ccc([N+](=O)[O-])cc1. The van der Waals surface area contributed by atoms with Gasteiger partial charge in [-0.1, -0.05) is 0 Å². The summed E-state index contributed by atoms with van der Waals surface area (Å²) in [5, 5.41) is 10.6. The number of carbonyl (C=O) groups excluding carboxylic acids is 2. The molecular weight excluding hydrogens is 387 g/mol. The second kappa shape index (κ2) is 4.92. The molecule has 0 fully saturated rings. The third-order valence-corrected chi connectivity index (χ3v) is 3.84. The molecule has 0 atom stereocenters. The standard InChI is InChI=1S/C14H7IN2O4/c15-8-1-6-11-12(7-8)14(19)16(13(11)18)9-2-4-10(5-3-9)17(20)21/h1-7H. The van der Waals surface area contributed by atoms with Crippen molar-refractivity contribution in [3.63, 3.8) is 0 Å². The molecule has 0 aromatic heterocycles. The smallest absolute Gasteiger partial charge is 0.268 e. The highest BCUT2D eigenvalue weighted by molar-refractivity contribution is 14.1. The number of nitro groups is 1. The van der Waals surface area contributed by atoms with Crippen LogP contribution in [0.1, 0.15) is 20.7 Å². The lowest BCUT2D eigenvalue weighted by Crippen LogP contribution is -2.29. The van der Waals surface area contributed by atoms with Gasteiger partial charge >= 0.3 is 0 Å². The Hall–Kier alpha value is -2.29. The minimum Gasteiger partial charge on any atom is -0.268 e. The van der Waals surface area contributed by atoms with Gasteiger partial charge in [-0.15, -0.1) is 0 Å². The molecule has 1 aliphatic rings. The van der Waals surface area contributed by atoms with Crippen molar-refractivity contribution in [3.05, 3.63) is 67.3 Å². The van der Waals surface area contributed by atoms with Crippen molar-refractivity contribution >= 4 is 45.8 Å². The normalized spacial score (nSPS) is 13.5. The largest absolute Gasteiger partial charge is 0.269 e. The zero-order valence-electron chi connectivity index (χ0n) is 10.4. The Labute approximate surface area is 132 Å². The maximum absolute atomic E-state index is 12.3. The van der Waals surface area contributed by atoms with Crippen molar-refractivity contribution in [2.45, 2.75) is 0 Å². The van der Waals surface area contributed by atoms with E-state index >= 15 is 0 Å². The summed E-state index contributed by atoms with van der Waals surface area (Å²) >= 11 is 2.07. The van der Waals surface area contributed by atoms with Crippen molar-refractivity contribution in [2.24, 2.45) is 0 Å². The van der Waals surface area contributed by atoms with Crippen LogP contribution in [0.3, 0.4) is 0 Å². The molecule has 2 aromatic rings. The molecule has 0 radical (unpaired) electrons. The van der Waals surface area contributed by atoms with Gasteiger partial charge in [0.25, 0.3) is 17.5 Å². The maximum Gasteiger partial charge on any atom is 0.269 e. The lowest BCUT2D eigenvalue weighted by Gasteiger charge is -2.13. The van der Waals surface area contributed by atoms with E-state index in [1.165, 1.54) is 24.3 Å². The molecule has 6 nitrogen and oxygen atoms in total. The average Bonchev–Trinajstić information content (AvgIpc) is 2.70. The first kappa shape index (κ1) is 13.7. The molecule has 0 aliphatic carbocycles. The van der Waals surface area contributed by atoms with E-state index in [-0.39, 0.29) is 5.69 Å². The Bertz CT molecular complexity index is 786. The van der Waals surface area contributed by atoms with Gasteiger partial charge in [0, 0.05) is 15.7 Å². The topological polar surface area (TPSA) is 80.5 Å². The first-order valence-corrected chi connectivity index (χ1v) is 6.99. The Morgan fingerprint density at radius 2 is 1.57 bits per heavy atom. The van der Waals surface area contributed by atoms with Gasteiger partial charge in [0.15, 0.2) is 0 Å². The fraction of sp³-hybridized carbons (Fsp3) is 0. The third kappa shape index (κ3) is 2.19. The van der Waals surface area contributed by atoms with E-state index in [0.29, 0.717) is 16.8 Å². The molecule has 0 N–H and O–H groups in total. The van der Waals surface area contributed by atoms with Crippen LogP contribution >= 0.6 is 22.6 Å². The van der Waals surface area contributed by atoms with Crippen molar-refractivity contribution in [1.29, 1.82) is 0 Å². The van der Waals surface area contributed by atoms with E-state index in [1.807, 2.05) is 0 Å². The van der Waals surface area contributed by atoms with Gasteiger partial charge in [-0.3, -0.25) is 19.7 Å². The van der Waals surface area contributed by atoms with Crippen LogP contribution in [0.4, 0.5) is 11.4 Å². The Kier molecular flexibility index (Phi) is 3.20. The summed E-state index contributed by atoms with van der Waals surface area (Å²) in [7, 11) is 0. The fourth-order valence-electron chi connectivity index (χ4n) is 2.17. The number of benzene rings is 2. The molecule has 2 amide bonds.